The fraction of sp³-hybridized carbons (Fsp3) is 0.154. The lowest BCUT2D eigenvalue weighted by atomic mass is 9.99. The van der Waals surface area contributed by atoms with Crippen molar-refractivity contribution in [3.8, 4) is 0 Å². The Morgan fingerprint density at radius 2 is 1.94 bits per heavy atom. The molecule has 1 unspecified atom stereocenters. The number of anilines is 2. The van der Waals surface area contributed by atoms with Gasteiger partial charge in [0.2, 0.25) is 0 Å². The van der Waals surface area contributed by atoms with Gasteiger partial charge in [0.25, 0.3) is 0 Å². The first-order valence-corrected chi connectivity index (χ1v) is 6.23. The molecule has 0 aliphatic carbocycles. The fourth-order valence-corrected chi connectivity index (χ4v) is 2.15. The van der Waals surface area contributed by atoms with E-state index in [4.69, 9.17) is 11.5 Å². The third kappa shape index (κ3) is 2.47. The Balaban J connectivity index is 2.50. The zero-order valence-corrected chi connectivity index (χ0v) is 11.5. The van der Waals surface area contributed by atoms with Gasteiger partial charge in [0, 0.05) is 27.5 Å². The van der Waals surface area contributed by atoms with E-state index >= 15 is 0 Å². The van der Waals surface area contributed by atoms with E-state index < -0.39 is 6.10 Å². The van der Waals surface area contributed by atoms with Crippen molar-refractivity contribution < 1.29 is 5.11 Å². The quantitative estimate of drug-likeness (QED) is 0.744. The Kier molecular flexibility index (Phi) is 3.54. The fourth-order valence-electron chi connectivity index (χ4n) is 1.77. The van der Waals surface area contributed by atoms with Gasteiger partial charge in [-0.15, -0.1) is 0 Å². The molecule has 2 aromatic rings. The van der Waals surface area contributed by atoms with E-state index in [-0.39, 0.29) is 0 Å². The van der Waals surface area contributed by atoms with E-state index in [0.29, 0.717) is 22.6 Å². The van der Waals surface area contributed by atoms with Crippen LogP contribution in [0.25, 0.3) is 0 Å². The lowest BCUT2D eigenvalue weighted by Crippen LogP contribution is -2.08. The number of aromatic nitrogens is 1. The van der Waals surface area contributed by atoms with Crippen molar-refractivity contribution in [2.75, 3.05) is 11.5 Å². The van der Waals surface area contributed by atoms with Crippen LogP contribution in [0.5, 0.6) is 0 Å². The summed E-state index contributed by atoms with van der Waals surface area (Å²) in [5, 5.41) is 10.4. The molecule has 0 saturated carbocycles. The molecule has 0 amide bonds. The minimum atomic E-state index is -0.880. The van der Waals surface area contributed by atoms with Crippen LogP contribution in [0.15, 0.2) is 34.9 Å². The molecule has 0 aliphatic heterocycles. The van der Waals surface area contributed by atoms with Gasteiger partial charge in [-0.3, -0.25) is 0 Å². The van der Waals surface area contributed by atoms with Gasteiger partial charge >= 0.3 is 0 Å². The van der Waals surface area contributed by atoms with Crippen molar-refractivity contribution in [1.29, 1.82) is 0 Å². The van der Waals surface area contributed by atoms with E-state index in [1.165, 1.54) is 0 Å². The van der Waals surface area contributed by atoms with Gasteiger partial charge in [0.05, 0.1) is 0 Å². The van der Waals surface area contributed by atoms with Crippen LogP contribution in [0.4, 0.5) is 11.5 Å². The van der Waals surface area contributed by atoms with Crippen LogP contribution in [0, 0.1) is 6.92 Å². The number of rotatable bonds is 2. The molecule has 1 aromatic heterocycles. The van der Waals surface area contributed by atoms with E-state index in [0.717, 1.165) is 10.0 Å². The summed E-state index contributed by atoms with van der Waals surface area (Å²) in [6, 6.07) is 7.15. The first-order chi connectivity index (χ1) is 8.49. The highest BCUT2D eigenvalue weighted by Crippen LogP contribution is 2.31. The minimum Gasteiger partial charge on any atom is -0.398 e. The largest absolute Gasteiger partial charge is 0.398 e. The Bertz CT molecular complexity index is 535. The molecule has 2 rings (SSSR count). The highest BCUT2D eigenvalue weighted by atomic mass is 79.9. The summed E-state index contributed by atoms with van der Waals surface area (Å²) in [5.74, 6) is 0.312. The van der Waals surface area contributed by atoms with E-state index in [9.17, 15) is 5.11 Å². The summed E-state index contributed by atoms with van der Waals surface area (Å²) in [6.07, 6.45) is 0.783. The number of halogens is 1. The second-order valence-electron chi connectivity index (χ2n) is 4.16. The average Bonchev–Trinajstić information content (AvgIpc) is 2.34. The first kappa shape index (κ1) is 12.9. The molecule has 94 valence electrons. The maximum absolute atomic E-state index is 10.4. The third-order valence-corrected chi connectivity index (χ3v) is 3.22. The number of nitrogens with zero attached hydrogens (tertiary/aromatic N) is 1. The Labute approximate surface area is 114 Å². The maximum atomic E-state index is 10.4. The molecular weight excluding hydrogens is 294 g/mol. The van der Waals surface area contributed by atoms with Crippen molar-refractivity contribution >= 4 is 27.4 Å². The van der Waals surface area contributed by atoms with Gasteiger partial charge in [0.1, 0.15) is 11.9 Å². The van der Waals surface area contributed by atoms with Crippen LogP contribution >= 0.6 is 15.9 Å². The first-order valence-electron chi connectivity index (χ1n) is 5.44. The molecular formula is C13H14BrN3O. The number of aliphatic hydroxyl groups excluding tert-OH is 1. The van der Waals surface area contributed by atoms with Gasteiger partial charge in [-0.05, 0) is 36.8 Å². The second-order valence-corrected chi connectivity index (χ2v) is 5.08. The number of pyridine rings is 1. The van der Waals surface area contributed by atoms with Crippen LogP contribution in [0.1, 0.15) is 22.8 Å². The van der Waals surface area contributed by atoms with Gasteiger partial charge in [0.15, 0.2) is 0 Å². The maximum Gasteiger partial charge on any atom is 0.129 e. The van der Waals surface area contributed by atoms with Crippen LogP contribution < -0.4 is 11.5 Å². The number of nitrogens with two attached hydrogens (primary N) is 2. The summed E-state index contributed by atoms with van der Waals surface area (Å²) >= 11 is 3.36. The van der Waals surface area contributed by atoms with Crippen molar-refractivity contribution in [3.63, 3.8) is 0 Å². The predicted octanol–water partition coefficient (Wildman–Crippen LogP) is 2.40. The monoisotopic (exact) mass is 307 g/mol. The molecule has 0 saturated heterocycles. The van der Waals surface area contributed by atoms with E-state index in [2.05, 4.69) is 20.9 Å². The SMILES string of the molecule is Cc1cnc(N)c(C(O)c2cc(Br)ccc2N)c1. The molecule has 4 nitrogen and oxygen atoms in total. The molecule has 1 atom stereocenters. The highest BCUT2D eigenvalue weighted by molar-refractivity contribution is 9.10. The molecule has 5 heteroatoms. The minimum absolute atomic E-state index is 0.312. The molecule has 0 spiro atoms. The summed E-state index contributed by atoms with van der Waals surface area (Å²) in [6.45, 7) is 1.90. The number of nitrogen functional groups attached to an aromatic ring is 2. The standard InChI is InChI=1S/C13H14BrN3O/c1-7-4-10(13(16)17-6-7)12(18)9-5-8(14)2-3-11(9)15/h2-6,12,18H,15H2,1H3,(H2,16,17). The lowest BCUT2D eigenvalue weighted by Gasteiger charge is -2.16. The number of aryl methyl sites for hydroxylation is 1. The molecule has 1 aromatic carbocycles. The molecule has 0 fully saturated rings. The Morgan fingerprint density at radius 3 is 2.67 bits per heavy atom. The smallest absolute Gasteiger partial charge is 0.129 e. The topological polar surface area (TPSA) is 85.2 Å². The number of aliphatic hydroxyl groups is 1. The van der Waals surface area contributed by atoms with Crippen LogP contribution in [-0.2, 0) is 0 Å². The summed E-state index contributed by atoms with van der Waals surface area (Å²) in [7, 11) is 0. The molecule has 0 aliphatic rings. The van der Waals surface area contributed by atoms with Crippen molar-refractivity contribution in [2.24, 2.45) is 0 Å². The normalized spacial score (nSPS) is 12.4. The highest BCUT2D eigenvalue weighted by Gasteiger charge is 2.17. The van der Waals surface area contributed by atoms with Crippen LogP contribution in [0.2, 0.25) is 0 Å². The van der Waals surface area contributed by atoms with Crippen molar-refractivity contribution in [3.05, 3.63) is 51.6 Å². The molecule has 1 heterocycles. The Hall–Kier alpha value is -1.59. The lowest BCUT2D eigenvalue weighted by molar-refractivity contribution is 0.221. The Morgan fingerprint density at radius 1 is 1.22 bits per heavy atom. The van der Waals surface area contributed by atoms with Gasteiger partial charge < -0.3 is 16.6 Å². The van der Waals surface area contributed by atoms with E-state index in [1.807, 2.05) is 19.1 Å². The summed E-state index contributed by atoms with van der Waals surface area (Å²) in [5.41, 5.74) is 14.3. The van der Waals surface area contributed by atoms with Gasteiger partial charge in [-0.25, -0.2) is 4.98 Å². The number of hydrogen-bond donors (Lipinski definition) is 3. The number of hydrogen-bond acceptors (Lipinski definition) is 4. The second kappa shape index (κ2) is 4.96. The van der Waals surface area contributed by atoms with Gasteiger partial charge in [-0.2, -0.15) is 0 Å². The summed E-state index contributed by atoms with van der Waals surface area (Å²) in [4.78, 5) is 4.04. The predicted molar refractivity (Wildman–Crippen MR) is 76.0 cm³/mol. The van der Waals surface area contributed by atoms with Crippen molar-refractivity contribution in [1.82, 2.24) is 4.98 Å². The van der Waals surface area contributed by atoms with Crippen LogP contribution in [0.3, 0.4) is 0 Å². The van der Waals surface area contributed by atoms with E-state index in [1.54, 1.807) is 18.3 Å². The molecule has 5 N–H and O–H groups in total. The molecule has 18 heavy (non-hydrogen) atoms. The van der Waals surface area contributed by atoms with Gasteiger partial charge in [-0.1, -0.05) is 15.9 Å². The van der Waals surface area contributed by atoms with Crippen LogP contribution in [-0.4, -0.2) is 10.1 Å². The zero-order chi connectivity index (χ0) is 13.3. The third-order valence-electron chi connectivity index (χ3n) is 2.72. The average molecular weight is 308 g/mol. The molecule has 0 radical (unpaired) electrons. The zero-order valence-electron chi connectivity index (χ0n) is 9.89. The molecule has 0 bridgehead atoms. The van der Waals surface area contributed by atoms with Crippen molar-refractivity contribution in [2.45, 2.75) is 13.0 Å². The number of benzene rings is 1. The summed E-state index contributed by atoms with van der Waals surface area (Å²) < 4.78 is 0.852.